The van der Waals surface area contributed by atoms with Crippen molar-refractivity contribution >= 4 is 16.9 Å². The number of rotatable bonds is 3. The lowest BCUT2D eigenvalue weighted by Gasteiger charge is -2.16. The highest BCUT2D eigenvalue weighted by molar-refractivity contribution is 6.08. The highest BCUT2D eigenvalue weighted by Gasteiger charge is 2.22. The maximum absolute atomic E-state index is 13.3. The summed E-state index contributed by atoms with van der Waals surface area (Å²) in [5, 5.41) is 0.830. The number of esters is 1. The number of aryl methyl sites for hydroxylation is 3. The molecule has 0 saturated heterocycles. The minimum atomic E-state index is -0.362. The molecule has 0 unspecified atom stereocenters. The van der Waals surface area contributed by atoms with Crippen molar-refractivity contribution in [2.24, 2.45) is 0 Å². The number of carbonyl (C=O) groups is 1. The van der Waals surface area contributed by atoms with Crippen LogP contribution in [0.3, 0.4) is 0 Å². The Balaban J connectivity index is 1.96. The Morgan fingerprint density at radius 1 is 0.828 bits per heavy atom. The van der Waals surface area contributed by atoms with Crippen LogP contribution in [0.5, 0.6) is 5.75 Å². The number of pyridine rings is 1. The quantitative estimate of drug-likeness (QED) is 0.306. The smallest absolute Gasteiger partial charge is 0.344 e. The Bertz CT molecular complexity index is 1210. The molecule has 1 aromatic heterocycles. The van der Waals surface area contributed by atoms with Crippen LogP contribution in [0.15, 0.2) is 66.7 Å². The lowest BCUT2D eigenvalue weighted by Crippen LogP contribution is -2.13. The second-order valence-corrected chi connectivity index (χ2v) is 7.51. The first-order valence-corrected chi connectivity index (χ1v) is 9.70. The van der Waals surface area contributed by atoms with Crippen LogP contribution in [-0.2, 0) is 0 Å². The molecule has 0 atom stereocenters. The molecule has 3 nitrogen and oxygen atoms in total. The molecule has 3 aromatic carbocycles. The second-order valence-electron chi connectivity index (χ2n) is 7.51. The van der Waals surface area contributed by atoms with Gasteiger partial charge in [-0.3, -0.25) is 0 Å². The van der Waals surface area contributed by atoms with E-state index >= 15 is 0 Å². The summed E-state index contributed by atoms with van der Waals surface area (Å²) in [4.78, 5) is 18.2. The number of hydrogen-bond donors (Lipinski definition) is 0. The number of para-hydroxylation sites is 1. The molecule has 0 aliphatic carbocycles. The SMILES string of the molecule is Cc1ccc(-c2nc3c(C)cc(C)cc3c(C(=O)Oc3ccccc3)c2C)cc1. The first-order chi connectivity index (χ1) is 13.9. The van der Waals surface area contributed by atoms with Gasteiger partial charge in [0.1, 0.15) is 5.75 Å². The van der Waals surface area contributed by atoms with Gasteiger partial charge in [-0.05, 0) is 57.0 Å². The highest BCUT2D eigenvalue weighted by Crippen LogP contribution is 2.32. The largest absolute Gasteiger partial charge is 0.423 e. The van der Waals surface area contributed by atoms with Crippen LogP contribution in [0, 0.1) is 27.7 Å². The Labute approximate surface area is 171 Å². The third-order valence-electron chi connectivity index (χ3n) is 5.15. The van der Waals surface area contributed by atoms with E-state index in [1.165, 1.54) is 5.56 Å². The molecule has 4 aromatic rings. The van der Waals surface area contributed by atoms with Crippen molar-refractivity contribution in [3.8, 4) is 17.0 Å². The molecule has 0 aliphatic rings. The fourth-order valence-corrected chi connectivity index (χ4v) is 3.72. The summed E-state index contributed by atoms with van der Waals surface area (Å²) in [7, 11) is 0. The molecule has 0 bridgehead atoms. The van der Waals surface area contributed by atoms with Crippen molar-refractivity contribution in [2.45, 2.75) is 27.7 Å². The molecule has 3 heteroatoms. The summed E-state index contributed by atoms with van der Waals surface area (Å²) in [6, 6.07) is 21.5. The molecule has 0 amide bonds. The normalized spacial score (nSPS) is 10.9. The molecule has 0 radical (unpaired) electrons. The number of ether oxygens (including phenoxy) is 1. The van der Waals surface area contributed by atoms with Crippen molar-refractivity contribution in [3.63, 3.8) is 0 Å². The van der Waals surface area contributed by atoms with Crippen LogP contribution in [0.25, 0.3) is 22.2 Å². The van der Waals surface area contributed by atoms with Gasteiger partial charge in [0, 0.05) is 10.9 Å². The lowest BCUT2D eigenvalue weighted by molar-refractivity contribution is 0.0736. The molecule has 0 spiro atoms. The second kappa shape index (κ2) is 7.51. The Morgan fingerprint density at radius 2 is 1.52 bits per heavy atom. The van der Waals surface area contributed by atoms with Crippen LogP contribution in [0.1, 0.15) is 32.6 Å². The monoisotopic (exact) mass is 381 g/mol. The van der Waals surface area contributed by atoms with Crippen molar-refractivity contribution in [1.29, 1.82) is 0 Å². The Morgan fingerprint density at radius 3 is 2.21 bits per heavy atom. The Kier molecular flexibility index (Phi) is 4.89. The number of aromatic nitrogens is 1. The molecule has 0 fully saturated rings. The summed E-state index contributed by atoms with van der Waals surface area (Å²) in [6.45, 7) is 8.06. The van der Waals surface area contributed by atoms with E-state index in [4.69, 9.17) is 9.72 Å². The van der Waals surface area contributed by atoms with Crippen molar-refractivity contribution < 1.29 is 9.53 Å². The fourth-order valence-electron chi connectivity index (χ4n) is 3.72. The van der Waals surface area contributed by atoms with Crippen molar-refractivity contribution in [3.05, 3.63) is 94.5 Å². The predicted molar refractivity (Wildman–Crippen MR) is 118 cm³/mol. The minimum absolute atomic E-state index is 0.362. The van der Waals surface area contributed by atoms with E-state index in [9.17, 15) is 4.79 Å². The van der Waals surface area contributed by atoms with Gasteiger partial charge in [-0.1, -0.05) is 59.7 Å². The van der Waals surface area contributed by atoms with Crippen molar-refractivity contribution in [2.75, 3.05) is 0 Å². The van der Waals surface area contributed by atoms with Gasteiger partial charge in [0.25, 0.3) is 0 Å². The van der Waals surface area contributed by atoms with Gasteiger partial charge in [-0.15, -0.1) is 0 Å². The maximum atomic E-state index is 13.3. The molecular formula is C26H23NO2. The standard InChI is InChI=1S/C26H23NO2/c1-16-10-12-20(13-11-16)25-19(4)23(26(28)29-21-8-6-5-7-9-21)22-15-17(2)14-18(3)24(22)27-25/h5-15H,1-4H3. The predicted octanol–water partition coefficient (Wildman–Crippen LogP) is 6.35. The van der Waals surface area contributed by atoms with E-state index in [0.29, 0.717) is 11.3 Å². The van der Waals surface area contributed by atoms with E-state index < -0.39 is 0 Å². The van der Waals surface area contributed by atoms with Gasteiger partial charge in [-0.25, -0.2) is 9.78 Å². The summed E-state index contributed by atoms with van der Waals surface area (Å²) < 4.78 is 5.71. The molecule has 0 N–H and O–H groups in total. The molecule has 0 saturated carbocycles. The van der Waals surface area contributed by atoms with Crippen LogP contribution >= 0.6 is 0 Å². The molecular weight excluding hydrogens is 358 g/mol. The number of fused-ring (bicyclic) bond motifs is 1. The van der Waals surface area contributed by atoms with Gasteiger partial charge < -0.3 is 4.74 Å². The van der Waals surface area contributed by atoms with Gasteiger partial charge in [0.15, 0.2) is 0 Å². The molecule has 1 heterocycles. The number of carbonyl (C=O) groups excluding carboxylic acids is 1. The van der Waals surface area contributed by atoms with Crippen LogP contribution in [0.2, 0.25) is 0 Å². The fraction of sp³-hybridized carbons (Fsp3) is 0.154. The van der Waals surface area contributed by atoms with Gasteiger partial charge >= 0.3 is 5.97 Å². The summed E-state index contributed by atoms with van der Waals surface area (Å²) in [6.07, 6.45) is 0. The molecule has 4 rings (SSSR count). The number of hydrogen-bond acceptors (Lipinski definition) is 3. The maximum Gasteiger partial charge on any atom is 0.344 e. The van der Waals surface area contributed by atoms with Gasteiger partial charge in [0.2, 0.25) is 0 Å². The summed E-state index contributed by atoms with van der Waals surface area (Å²) in [5.41, 5.74) is 7.34. The van der Waals surface area contributed by atoms with E-state index in [1.807, 2.05) is 57.2 Å². The van der Waals surface area contributed by atoms with Crippen molar-refractivity contribution in [1.82, 2.24) is 4.98 Å². The first kappa shape index (κ1) is 18.9. The van der Waals surface area contributed by atoms with Crippen LogP contribution < -0.4 is 4.74 Å². The van der Waals surface area contributed by atoms with Crippen LogP contribution in [-0.4, -0.2) is 11.0 Å². The van der Waals surface area contributed by atoms with Crippen LogP contribution in [0.4, 0.5) is 0 Å². The minimum Gasteiger partial charge on any atom is -0.423 e. The molecule has 29 heavy (non-hydrogen) atoms. The third kappa shape index (κ3) is 3.64. The van der Waals surface area contributed by atoms with Gasteiger partial charge in [-0.2, -0.15) is 0 Å². The van der Waals surface area contributed by atoms with E-state index in [2.05, 4.69) is 25.1 Å². The van der Waals surface area contributed by atoms with Gasteiger partial charge in [0.05, 0.1) is 16.8 Å². The summed E-state index contributed by atoms with van der Waals surface area (Å²) >= 11 is 0. The zero-order chi connectivity index (χ0) is 20.5. The highest BCUT2D eigenvalue weighted by atomic mass is 16.5. The van der Waals surface area contributed by atoms with E-state index in [-0.39, 0.29) is 5.97 Å². The van der Waals surface area contributed by atoms with E-state index in [1.54, 1.807) is 12.1 Å². The molecule has 144 valence electrons. The topological polar surface area (TPSA) is 39.2 Å². The average molecular weight is 381 g/mol. The summed E-state index contributed by atoms with van der Waals surface area (Å²) in [5.74, 6) is 0.169. The zero-order valence-corrected chi connectivity index (χ0v) is 17.1. The van der Waals surface area contributed by atoms with E-state index in [0.717, 1.165) is 38.9 Å². The lowest BCUT2D eigenvalue weighted by atomic mass is 9.95. The molecule has 0 aliphatic heterocycles. The Hall–Kier alpha value is -3.46. The number of nitrogens with zero attached hydrogens (tertiary/aromatic N) is 1. The third-order valence-corrected chi connectivity index (χ3v) is 5.15. The average Bonchev–Trinajstić information content (AvgIpc) is 2.69. The first-order valence-electron chi connectivity index (χ1n) is 9.70. The zero-order valence-electron chi connectivity index (χ0n) is 17.1. The number of benzene rings is 3.